The van der Waals surface area contributed by atoms with E-state index in [0.29, 0.717) is 5.69 Å². The maximum atomic E-state index is 12.8. The third kappa shape index (κ3) is 4.67. The second-order valence-corrected chi connectivity index (χ2v) is 7.30. The number of nitrogens with zero attached hydrogens (tertiary/aromatic N) is 1. The molecule has 7 heteroatoms. The lowest BCUT2D eigenvalue weighted by Gasteiger charge is -2.09. The molecule has 0 aliphatic carbocycles. The molecular weight excluding hydrogens is 340 g/mol. The molecular formula is C18H20N2O4S. The molecule has 1 N–H and O–H groups in total. The van der Waals surface area contributed by atoms with Gasteiger partial charge in [-0.1, -0.05) is 35.4 Å². The lowest BCUT2D eigenvalue weighted by Crippen LogP contribution is -2.28. The number of carbonyl (C=O) groups is 1. The number of hydrogen-bond donors (Lipinski definition) is 1. The number of ether oxygens (including phenoxy) is 1. The molecule has 0 aliphatic heterocycles. The molecule has 0 fully saturated rings. The minimum absolute atomic E-state index is 0.0180. The summed E-state index contributed by atoms with van der Waals surface area (Å²) in [5, 5.41) is 3.14. The summed E-state index contributed by atoms with van der Waals surface area (Å²) in [5.74, 6) is -0.998. The molecule has 0 bridgehead atoms. The Morgan fingerprint density at radius 3 is 2.04 bits per heavy atom. The maximum absolute atomic E-state index is 12.8. The van der Waals surface area contributed by atoms with Crippen molar-refractivity contribution in [3.05, 3.63) is 59.7 Å². The number of hydrogen-bond acceptors (Lipinski definition) is 6. The van der Waals surface area contributed by atoms with E-state index in [1.54, 1.807) is 31.2 Å². The molecule has 0 radical (unpaired) electrons. The van der Waals surface area contributed by atoms with Crippen molar-refractivity contribution in [2.75, 3.05) is 12.0 Å². The highest BCUT2D eigenvalue weighted by molar-refractivity contribution is 8.08. The summed E-state index contributed by atoms with van der Waals surface area (Å²) in [6, 6.07) is 13.3. The fraction of sp³-hybridized carbons (Fsp3) is 0.222. The van der Waals surface area contributed by atoms with E-state index in [9.17, 15) is 13.2 Å². The Kier molecular flexibility index (Phi) is 5.93. The first kappa shape index (κ1) is 18.7. The van der Waals surface area contributed by atoms with E-state index < -0.39 is 20.9 Å². The molecule has 0 saturated heterocycles. The summed E-state index contributed by atoms with van der Waals surface area (Å²) < 4.78 is 30.4. The lowest BCUT2D eigenvalue weighted by molar-refractivity contribution is -0.134. The molecule has 0 saturated carbocycles. The van der Waals surface area contributed by atoms with Crippen LogP contribution in [-0.2, 0) is 19.4 Å². The summed E-state index contributed by atoms with van der Waals surface area (Å²) in [7, 11) is -4.10. The smallest absolute Gasteiger partial charge is 0.371 e. The lowest BCUT2D eigenvalue weighted by atomic mass is 10.2. The van der Waals surface area contributed by atoms with Crippen molar-refractivity contribution in [3.63, 3.8) is 0 Å². The zero-order valence-electron chi connectivity index (χ0n) is 14.3. The predicted octanol–water partition coefficient (Wildman–Crippen LogP) is 3.07. The first-order valence-corrected chi connectivity index (χ1v) is 9.22. The van der Waals surface area contributed by atoms with Gasteiger partial charge in [0.2, 0.25) is 9.84 Å². The van der Waals surface area contributed by atoms with Crippen LogP contribution < -0.4 is 5.43 Å². The highest BCUT2D eigenvalue weighted by Crippen LogP contribution is 2.16. The van der Waals surface area contributed by atoms with Crippen LogP contribution in [0.1, 0.15) is 18.1 Å². The largest absolute Gasteiger partial charge is 0.461 e. The highest BCUT2D eigenvalue weighted by atomic mass is 32.2. The first-order chi connectivity index (χ1) is 11.8. The van der Waals surface area contributed by atoms with Crippen LogP contribution in [0.4, 0.5) is 5.69 Å². The Labute approximate surface area is 147 Å². The molecule has 2 aromatic rings. The third-order valence-electron chi connectivity index (χ3n) is 3.37. The van der Waals surface area contributed by atoms with Gasteiger partial charge in [0.1, 0.15) is 0 Å². The zero-order valence-corrected chi connectivity index (χ0v) is 15.1. The van der Waals surface area contributed by atoms with Crippen LogP contribution in [0.2, 0.25) is 0 Å². The average Bonchev–Trinajstić information content (AvgIpc) is 2.57. The number of nitrogens with one attached hydrogen (secondary N) is 1. The molecule has 2 rings (SSSR count). The van der Waals surface area contributed by atoms with Crippen molar-refractivity contribution in [2.45, 2.75) is 25.7 Å². The van der Waals surface area contributed by atoms with E-state index in [4.69, 9.17) is 4.74 Å². The Morgan fingerprint density at radius 1 is 1.00 bits per heavy atom. The molecule has 0 amide bonds. The van der Waals surface area contributed by atoms with E-state index in [0.717, 1.165) is 11.1 Å². The summed E-state index contributed by atoms with van der Waals surface area (Å²) in [5.41, 5.74) is 5.13. The van der Waals surface area contributed by atoms with Crippen LogP contribution >= 0.6 is 0 Å². The predicted molar refractivity (Wildman–Crippen MR) is 97.2 cm³/mol. The summed E-state index contributed by atoms with van der Waals surface area (Å²) >= 11 is 0. The van der Waals surface area contributed by atoms with Gasteiger partial charge in [0, 0.05) is 0 Å². The number of esters is 1. The monoisotopic (exact) mass is 360 g/mol. The van der Waals surface area contributed by atoms with Gasteiger partial charge in [-0.15, -0.1) is 0 Å². The molecule has 0 aliphatic rings. The van der Waals surface area contributed by atoms with E-state index >= 15 is 0 Å². The number of aryl methyl sites for hydroxylation is 2. The molecule has 6 nitrogen and oxygen atoms in total. The Bertz CT molecular complexity index is 870. The van der Waals surface area contributed by atoms with Crippen molar-refractivity contribution >= 4 is 26.5 Å². The van der Waals surface area contributed by atoms with E-state index in [1.165, 1.54) is 12.1 Å². The number of sulfone groups is 1. The molecule has 0 aromatic heterocycles. The molecule has 25 heavy (non-hydrogen) atoms. The number of benzene rings is 2. The van der Waals surface area contributed by atoms with Gasteiger partial charge in [-0.3, -0.25) is 5.43 Å². The van der Waals surface area contributed by atoms with E-state index in [-0.39, 0.29) is 11.5 Å². The van der Waals surface area contributed by atoms with Crippen LogP contribution in [0.5, 0.6) is 0 Å². The topological polar surface area (TPSA) is 84.8 Å². The van der Waals surface area contributed by atoms with Crippen molar-refractivity contribution < 1.29 is 17.9 Å². The van der Waals surface area contributed by atoms with Gasteiger partial charge < -0.3 is 4.74 Å². The van der Waals surface area contributed by atoms with Crippen LogP contribution in [0.25, 0.3) is 0 Å². The molecule has 0 unspecified atom stereocenters. The van der Waals surface area contributed by atoms with Crippen LogP contribution in [0, 0.1) is 13.8 Å². The van der Waals surface area contributed by atoms with Gasteiger partial charge >= 0.3 is 5.97 Å². The number of rotatable bonds is 4. The van der Waals surface area contributed by atoms with E-state index in [2.05, 4.69) is 10.5 Å². The summed E-state index contributed by atoms with van der Waals surface area (Å²) in [6.45, 7) is 5.42. The van der Waals surface area contributed by atoms with Crippen molar-refractivity contribution in [1.82, 2.24) is 0 Å². The summed E-state index contributed by atoms with van der Waals surface area (Å²) in [6.07, 6.45) is 0. The molecule has 2 aromatic carbocycles. The van der Waals surface area contributed by atoms with Crippen LogP contribution in [0.15, 0.2) is 58.5 Å². The van der Waals surface area contributed by atoms with Crippen molar-refractivity contribution in [1.29, 1.82) is 0 Å². The molecule has 132 valence electrons. The van der Waals surface area contributed by atoms with Gasteiger partial charge in [-0.25, -0.2) is 13.2 Å². The Hall–Kier alpha value is -2.67. The SMILES string of the molecule is CCOC(=O)/C(=N/Nc1ccc(C)cc1)S(=O)(=O)c1ccc(C)cc1. The molecule has 0 spiro atoms. The minimum Gasteiger partial charge on any atom is -0.461 e. The summed E-state index contributed by atoms with van der Waals surface area (Å²) in [4.78, 5) is 12.1. The normalized spacial score (nSPS) is 11.9. The minimum atomic E-state index is -4.10. The Morgan fingerprint density at radius 2 is 1.52 bits per heavy atom. The van der Waals surface area contributed by atoms with Crippen LogP contribution in [-0.4, -0.2) is 26.0 Å². The fourth-order valence-corrected chi connectivity index (χ4v) is 3.14. The number of anilines is 1. The molecule has 0 heterocycles. The fourth-order valence-electron chi connectivity index (χ4n) is 1.98. The van der Waals surface area contributed by atoms with Crippen molar-refractivity contribution in [2.24, 2.45) is 5.10 Å². The second-order valence-electron chi connectivity index (χ2n) is 5.43. The van der Waals surface area contributed by atoms with E-state index in [1.807, 2.05) is 26.0 Å². The number of hydrazone groups is 1. The maximum Gasteiger partial charge on any atom is 0.371 e. The zero-order chi connectivity index (χ0) is 18.4. The highest BCUT2D eigenvalue weighted by Gasteiger charge is 2.30. The Balaban J connectivity index is 2.40. The van der Waals surface area contributed by atoms with Crippen molar-refractivity contribution in [3.8, 4) is 0 Å². The van der Waals surface area contributed by atoms with Gasteiger partial charge in [0.05, 0.1) is 17.2 Å². The molecule has 0 atom stereocenters. The standard InChI is InChI=1S/C18H20N2O4S/c1-4-24-18(21)17(20-19-15-9-5-13(2)6-10-15)25(22,23)16-11-7-14(3)8-12-16/h5-12,19H,4H2,1-3H3/b20-17-. The van der Waals surface area contributed by atoms with Gasteiger partial charge in [0.15, 0.2) is 0 Å². The van der Waals surface area contributed by atoms with Gasteiger partial charge in [-0.2, -0.15) is 5.10 Å². The quantitative estimate of drug-likeness (QED) is 0.392. The van der Waals surface area contributed by atoms with Crippen LogP contribution in [0.3, 0.4) is 0 Å². The third-order valence-corrected chi connectivity index (χ3v) is 5.03. The second kappa shape index (κ2) is 7.94. The average molecular weight is 360 g/mol. The van der Waals surface area contributed by atoms with Gasteiger partial charge in [-0.05, 0) is 45.0 Å². The first-order valence-electron chi connectivity index (χ1n) is 7.74. The number of carbonyl (C=O) groups excluding carboxylic acids is 1. The van der Waals surface area contributed by atoms with Gasteiger partial charge in [0.25, 0.3) is 5.04 Å².